The Hall–Kier alpha value is -1.88. The summed E-state index contributed by atoms with van der Waals surface area (Å²) in [6.45, 7) is 2.71. The van der Waals surface area contributed by atoms with Gasteiger partial charge in [-0.05, 0) is 37.7 Å². The van der Waals surface area contributed by atoms with E-state index in [-0.39, 0.29) is 23.1 Å². The van der Waals surface area contributed by atoms with Crippen LogP contribution in [0.1, 0.15) is 44.1 Å². The van der Waals surface area contributed by atoms with Gasteiger partial charge in [0.15, 0.2) is 0 Å². The molecule has 3 aliphatic rings. The number of nitrogens with one attached hydrogen (secondary N) is 1. The van der Waals surface area contributed by atoms with E-state index in [0.29, 0.717) is 32.0 Å². The van der Waals surface area contributed by atoms with Gasteiger partial charge >= 0.3 is 0 Å². The fourth-order valence-electron chi connectivity index (χ4n) is 4.35. The van der Waals surface area contributed by atoms with Crippen LogP contribution < -0.4 is 5.32 Å². The molecule has 0 bridgehead atoms. The summed E-state index contributed by atoms with van der Waals surface area (Å²) in [5, 5.41) is 3.22. The second-order valence-electron chi connectivity index (χ2n) is 7.99. The predicted octanol–water partition coefficient (Wildman–Crippen LogP) is 2.25. The van der Waals surface area contributed by atoms with E-state index in [2.05, 4.69) is 29.6 Å². The van der Waals surface area contributed by atoms with E-state index in [0.717, 1.165) is 38.9 Å². The molecule has 1 aromatic rings. The number of piperidine rings is 1. The van der Waals surface area contributed by atoms with Gasteiger partial charge in [0.2, 0.25) is 11.8 Å². The van der Waals surface area contributed by atoms with Crippen LogP contribution in [0, 0.1) is 5.92 Å². The zero-order chi connectivity index (χ0) is 18.0. The first kappa shape index (κ1) is 17.5. The third-order valence-electron chi connectivity index (χ3n) is 6.24. The van der Waals surface area contributed by atoms with Crippen molar-refractivity contribution < 1.29 is 14.3 Å². The number of ether oxygens (including phenoxy) is 1. The number of benzene rings is 1. The Morgan fingerprint density at radius 3 is 2.58 bits per heavy atom. The van der Waals surface area contributed by atoms with Gasteiger partial charge in [-0.2, -0.15) is 0 Å². The molecular weight excluding hydrogens is 328 g/mol. The van der Waals surface area contributed by atoms with Crippen molar-refractivity contribution in [1.82, 2.24) is 10.2 Å². The van der Waals surface area contributed by atoms with Crippen LogP contribution in [0.4, 0.5) is 0 Å². The van der Waals surface area contributed by atoms with Crippen molar-refractivity contribution in [3.63, 3.8) is 0 Å². The zero-order valence-corrected chi connectivity index (χ0v) is 15.3. The van der Waals surface area contributed by atoms with E-state index in [1.807, 2.05) is 11.0 Å². The number of likely N-dealkylation sites (tertiary alicyclic amines) is 1. The summed E-state index contributed by atoms with van der Waals surface area (Å²) in [7, 11) is 0. The Bertz CT molecular complexity index is 650. The van der Waals surface area contributed by atoms with Crippen molar-refractivity contribution in [3.8, 4) is 0 Å². The highest BCUT2D eigenvalue weighted by Gasteiger charge is 2.40. The van der Waals surface area contributed by atoms with E-state index < -0.39 is 0 Å². The zero-order valence-electron chi connectivity index (χ0n) is 15.3. The van der Waals surface area contributed by atoms with Crippen molar-refractivity contribution in [2.24, 2.45) is 5.92 Å². The van der Waals surface area contributed by atoms with Crippen LogP contribution in [0.25, 0.3) is 0 Å². The summed E-state index contributed by atoms with van der Waals surface area (Å²) >= 11 is 0. The van der Waals surface area contributed by atoms with Crippen molar-refractivity contribution in [2.45, 2.75) is 50.0 Å². The number of hydrogen-bond donors (Lipinski definition) is 1. The molecule has 1 aromatic carbocycles. The lowest BCUT2D eigenvalue weighted by atomic mass is 9.74. The lowest BCUT2D eigenvalue weighted by Crippen LogP contribution is -2.50. The van der Waals surface area contributed by atoms with Crippen LogP contribution in [0.15, 0.2) is 30.3 Å². The van der Waals surface area contributed by atoms with E-state index in [1.54, 1.807) is 0 Å². The highest BCUT2D eigenvalue weighted by molar-refractivity contribution is 5.84. The van der Waals surface area contributed by atoms with Gasteiger partial charge in [0, 0.05) is 44.2 Å². The average molecular weight is 356 g/mol. The molecule has 5 heteroatoms. The average Bonchev–Trinajstić information content (AvgIpc) is 3.53. The van der Waals surface area contributed by atoms with Gasteiger partial charge in [-0.3, -0.25) is 9.59 Å². The smallest absolute Gasteiger partial charge is 0.224 e. The lowest BCUT2D eigenvalue weighted by Gasteiger charge is -2.39. The maximum absolute atomic E-state index is 12.8. The molecular formula is C21H28N2O3. The van der Waals surface area contributed by atoms with E-state index >= 15 is 0 Å². The van der Waals surface area contributed by atoms with Crippen molar-refractivity contribution in [3.05, 3.63) is 35.9 Å². The van der Waals surface area contributed by atoms with Crippen molar-refractivity contribution in [1.29, 1.82) is 0 Å². The van der Waals surface area contributed by atoms with E-state index in [9.17, 15) is 9.59 Å². The van der Waals surface area contributed by atoms with Gasteiger partial charge in [-0.25, -0.2) is 0 Å². The number of carbonyl (C=O) groups is 2. The molecule has 2 saturated heterocycles. The van der Waals surface area contributed by atoms with Crippen molar-refractivity contribution in [2.75, 3.05) is 26.3 Å². The quantitative estimate of drug-likeness (QED) is 0.880. The number of amides is 2. The standard InChI is InChI=1S/C21H28N2O3/c24-19-9-6-16(14-23(19)18-7-8-18)20(25)22-15-21(10-12-26-13-11-21)17-4-2-1-3-5-17/h1-5,16,18H,6-15H2,(H,22,25). The van der Waals surface area contributed by atoms with Crippen LogP contribution in [-0.2, 0) is 19.7 Å². The van der Waals surface area contributed by atoms with Gasteiger partial charge in [-0.15, -0.1) is 0 Å². The second-order valence-corrected chi connectivity index (χ2v) is 7.99. The maximum Gasteiger partial charge on any atom is 0.224 e. The van der Waals surface area contributed by atoms with Crippen LogP contribution in [-0.4, -0.2) is 49.1 Å². The fraction of sp³-hybridized carbons (Fsp3) is 0.619. The lowest BCUT2D eigenvalue weighted by molar-refractivity contribution is -0.139. The van der Waals surface area contributed by atoms with Crippen molar-refractivity contribution >= 4 is 11.8 Å². The molecule has 1 N–H and O–H groups in total. The molecule has 0 spiro atoms. The first-order chi connectivity index (χ1) is 12.7. The fourth-order valence-corrected chi connectivity index (χ4v) is 4.35. The van der Waals surface area contributed by atoms with Gasteiger partial charge in [0.05, 0.1) is 5.92 Å². The summed E-state index contributed by atoms with van der Waals surface area (Å²) < 4.78 is 5.57. The third-order valence-corrected chi connectivity index (χ3v) is 6.24. The van der Waals surface area contributed by atoms with E-state index in [1.165, 1.54) is 5.56 Å². The normalized spacial score (nSPS) is 25.8. The molecule has 0 radical (unpaired) electrons. The molecule has 26 heavy (non-hydrogen) atoms. The van der Waals surface area contributed by atoms with Crippen LogP contribution in [0.3, 0.4) is 0 Å². The highest BCUT2D eigenvalue weighted by atomic mass is 16.5. The molecule has 3 fully saturated rings. The van der Waals surface area contributed by atoms with E-state index in [4.69, 9.17) is 4.74 Å². The molecule has 0 aromatic heterocycles. The molecule has 4 rings (SSSR count). The Morgan fingerprint density at radius 2 is 1.88 bits per heavy atom. The SMILES string of the molecule is O=C(NCC1(c2ccccc2)CCOCC1)C1CCC(=O)N(C2CC2)C1. The maximum atomic E-state index is 12.8. The molecule has 140 valence electrons. The summed E-state index contributed by atoms with van der Waals surface area (Å²) in [5.41, 5.74) is 1.23. The topological polar surface area (TPSA) is 58.6 Å². The molecule has 1 atom stereocenters. The Labute approximate surface area is 155 Å². The third kappa shape index (κ3) is 3.63. The van der Waals surface area contributed by atoms with Gasteiger partial charge < -0.3 is 15.0 Å². The van der Waals surface area contributed by atoms with Crippen LogP contribution >= 0.6 is 0 Å². The minimum absolute atomic E-state index is 0.0458. The molecule has 2 aliphatic heterocycles. The van der Waals surface area contributed by atoms with Crippen LogP contribution in [0.5, 0.6) is 0 Å². The predicted molar refractivity (Wildman–Crippen MR) is 98.6 cm³/mol. The van der Waals surface area contributed by atoms with Gasteiger partial charge in [0.25, 0.3) is 0 Å². The monoisotopic (exact) mass is 356 g/mol. The van der Waals surface area contributed by atoms with Gasteiger partial charge in [0.1, 0.15) is 0 Å². The Morgan fingerprint density at radius 1 is 1.15 bits per heavy atom. The number of hydrogen-bond acceptors (Lipinski definition) is 3. The minimum atomic E-state index is -0.0686. The Balaban J connectivity index is 1.41. The first-order valence-corrected chi connectivity index (χ1v) is 9.88. The number of carbonyl (C=O) groups excluding carboxylic acids is 2. The second kappa shape index (κ2) is 7.39. The summed E-state index contributed by atoms with van der Waals surface area (Å²) in [6.07, 6.45) is 5.22. The van der Waals surface area contributed by atoms with Crippen LogP contribution in [0.2, 0.25) is 0 Å². The molecule has 2 heterocycles. The number of nitrogens with zero attached hydrogens (tertiary/aromatic N) is 1. The summed E-state index contributed by atoms with van der Waals surface area (Å²) in [6, 6.07) is 10.9. The molecule has 1 aliphatic carbocycles. The van der Waals surface area contributed by atoms with Gasteiger partial charge in [-0.1, -0.05) is 30.3 Å². The highest BCUT2D eigenvalue weighted by Crippen LogP contribution is 2.35. The number of rotatable bonds is 5. The molecule has 5 nitrogen and oxygen atoms in total. The molecule has 2 amide bonds. The molecule has 1 unspecified atom stereocenters. The summed E-state index contributed by atoms with van der Waals surface area (Å²) in [4.78, 5) is 26.8. The minimum Gasteiger partial charge on any atom is -0.381 e. The largest absolute Gasteiger partial charge is 0.381 e. The molecule has 1 saturated carbocycles. The first-order valence-electron chi connectivity index (χ1n) is 9.88. The summed E-state index contributed by atoms with van der Waals surface area (Å²) in [5.74, 6) is 0.257. The Kier molecular flexibility index (Phi) is 4.98.